The zero-order valence-corrected chi connectivity index (χ0v) is 12.0. The molecule has 0 aliphatic carbocycles. The Bertz CT molecular complexity index is 294. The molecule has 0 bridgehead atoms. The molecule has 1 aliphatic rings. The summed E-state index contributed by atoms with van der Waals surface area (Å²) >= 11 is 0. The van der Waals surface area contributed by atoms with Crippen molar-refractivity contribution in [1.82, 2.24) is 4.31 Å². The van der Waals surface area contributed by atoms with Crippen LogP contribution in [0.1, 0.15) is 6.92 Å². The Morgan fingerprint density at radius 1 is 1.43 bits per heavy atom. The van der Waals surface area contributed by atoms with Crippen molar-refractivity contribution in [3.05, 3.63) is 0 Å². The maximum atomic E-state index is 11.9. The number of halogens is 3. The molecule has 78 valence electrons. The first-order valence-corrected chi connectivity index (χ1v) is 5.50. The van der Waals surface area contributed by atoms with Gasteiger partial charge in [0.15, 0.2) is 0 Å². The van der Waals surface area contributed by atoms with Crippen LogP contribution in [0.4, 0.5) is 12.9 Å². The first-order chi connectivity index (χ1) is 5.71. The molecule has 0 aromatic heterocycles. The topological polar surface area (TPSA) is 37.4 Å². The van der Waals surface area contributed by atoms with Crippen molar-refractivity contribution in [2.45, 2.75) is 6.92 Å². The van der Waals surface area contributed by atoms with Gasteiger partial charge in [0.1, 0.15) is 0 Å². The van der Waals surface area contributed by atoms with Crippen molar-refractivity contribution in [2.75, 3.05) is 18.7 Å². The zero-order chi connectivity index (χ0) is 10.3. The molecule has 0 aromatic rings. The summed E-state index contributed by atoms with van der Waals surface area (Å²) in [5.74, 6) is -0.373. The van der Waals surface area contributed by atoms with Gasteiger partial charge in [0.25, 0.3) is 0 Å². The fraction of sp³-hybridized carbons (Fsp3) is 1.00. The van der Waals surface area contributed by atoms with E-state index in [-0.39, 0.29) is 69.6 Å². The average molecular weight is 255 g/mol. The summed E-state index contributed by atoms with van der Waals surface area (Å²) in [7, 11) is -3.64. The number of hydrogen-bond donors (Lipinski definition) is 0. The van der Waals surface area contributed by atoms with Gasteiger partial charge in [-0.25, -0.2) is 12.7 Å². The van der Waals surface area contributed by atoms with E-state index in [9.17, 15) is 21.4 Å². The standard InChI is InChI=1S/C5H10BF3NO2S.K/c1-5-2-10(4-6(7,8)9)13(11,12)3-5;/h5H,2-4H2,1H3;/q-1;+1. The van der Waals surface area contributed by atoms with Crippen molar-refractivity contribution in [2.24, 2.45) is 5.92 Å². The van der Waals surface area contributed by atoms with Crippen LogP contribution in [0.25, 0.3) is 0 Å². The van der Waals surface area contributed by atoms with Crippen LogP contribution in [0.2, 0.25) is 0 Å². The molecule has 1 heterocycles. The Labute approximate surface area is 124 Å². The molecule has 0 radical (unpaired) electrons. The molecule has 1 fully saturated rings. The SMILES string of the molecule is CC1CN(C[B-](F)(F)F)S(=O)(=O)C1.[K+]. The van der Waals surface area contributed by atoms with Crippen LogP contribution in [0.3, 0.4) is 0 Å². The van der Waals surface area contributed by atoms with E-state index in [2.05, 4.69) is 0 Å². The van der Waals surface area contributed by atoms with Gasteiger partial charge in [0.2, 0.25) is 10.0 Å². The molecule has 1 saturated heterocycles. The van der Waals surface area contributed by atoms with Gasteiger partial charge < -0.3 is 12.9 Å². The molecule has 1 atom stereocenters. The van der Waals surface area contributed by atoms with Gasteiger partial charge in [-0.05, 0) is 12.4 Å². The molecular formula is C5H10BF3KNO2S. The van der Waals surface area contributed by atoms with Crippen molar-refractivity contribution in [1.29, 1.82) is 0 Å². The summed E-state index contributed by atoms with van der Waals surface area (Å²) in [5, 5.41) is 0. The van der Waals surface area contributed by atoms with E-state index in [0.29, 0.717) is 4.31 Å². The predicted octanol–water partition coefficient (Wildman–Crippen LogP) is -2.34. The molecule has 0 N–H and O–H groups in total. The minimum atomic E-state index is -5.05. The van der Waals surface area contributed by atoms with E-state index in [4.69, 9.17) is 0 Å². The summed E-state index contributed by atoms with van der Waals surface area (Å²) in [5.41, 5.74) is 0. The third-order valence-corrected chi connectivity index (χ3v) is 3.89. The smallest absolute Gasteiger partial charge is 0.448 e. The van der Waals surface area contributed by atoms with Gasteiger partial charge >= 0.3 is 58.4 Å². The van der Waals surface area contributed by atoms with Crippen LogP contribution in [0.15, 0.2) is 0 Å². The second kappa shape index (κ2) is 5.15. The van der Waals surface area contributed by atoms with Gasteiger partial charge in [-0.15, -0.1) is 0 Å². The molecule has 1 unspecified atom stereocenters. The quantitative estimate of drug-likeness (QED) is 0.518. The summed E-state index contributed by atoms with van der Waals surface area (Å²) < 4.78 is 58.5. The van der Waals surface area contributed by atoms with Crippen LogP contribution in [-0.2, 0) is 10.0 Å². The molecule has 9 heteroatoms. The van der Waals surface area contributed by atoms with E-state index in [1.807, 2.05) is 0 Å². The normalized spacial score (nSPS) is 27.3. The third kappa shape index (κ3) is 4.50. The molecule has 1 aliphatic heterocycles. The van der Waals surface area contributed by atoms with Crippen LogP contribution in [-0.4, -0.2) is 38.4 Å². The number of rotatable bonds is 2. The summed E-state index contributed by atoms with van der Waals surface area (Å²) in [6.45, 7) is -3.44. The van der Waals surface area contributed by atoms with Gasteiger partial charge in [0.05, 0.1) is 5.75 Å². The average Bonchev–Trinajstić information content (AvgIpc) is 2.00. The molecule has 0 saturated carbocycles. The fourth-order valence-electron chi connectivity index (χ4n) is 1.40. The zero-order valence-electron chi connectivity index (χ0n) is 8.08. The van der Waals surface area contributed by atoms with Gasteiger partial charge in [-0.3, -0.25) is 0 Å². The van der Waals surface area contributed by atoms with Crippen LogP contribution in [0, 0.1) is 5.92 Å². The minimum absolute atomic E-state index is 0. The maximum absolute atomic E-state index is 11.9. The Morgan fingerprint density at radius 3 is 2.21 bits per heavy atom. The molecule has 0 amide bonds. The first-order valence-electron chi connectivity index (χ1n) is 3.89. The Kier molecular flexibility index (Phi) is 5.67. The van der Waals surface area contributed by atoms with E-state index in [1.54, 1.807) is 6.92 Å². The Morgan fingerprint density at radius 2 is 1.93 bits per heavy atom. The minimum Gasteiger partial charge on any atom is -0.448 e. The molecule has 0 spiro atoms. The monoisotopic (exact) mass is 255 g/mol. The number of hydrogen-bond acceptors (Lipinski definition) is 2. The van der Waals surface area contributed by atoms with Gasteiger partial charge in [-0.1, -0.05) is 6.92 Å². The number of nitrogens with zero attached hydrogens (tertiary/aromatic N) is 1. The van der Waals surface area contributed by atoms with Gasteiger partial charge in [0, 0.05) is 6.54 Å². The molecule has 14 heavy (non-hydrogen) atoms. The van der Waals surface area contributed by atoms with Crippen molar-refractivity contribution < 1.29 is 72.7 Å². The summed E-state index contributed by atoms with van der Waals surface area (Å²) in [6, 6.07) is 0. The van der Waals surface area contributed by atoms with Crippen LogP contribution >= 0.6 is 0 Å². The number of sulfonamides is 1. The maximum Gasteiger partial charge on any atom is 1.00 e. The van der Waals surface area contributed by atoms with Crippen LogP contribution in [0.5, 0.6) is 0 Å². The van der Waals surface area contributed by atoms with Crippen LogP contribution < -0.4 is 51.4 Å². The van der Waals surface area contributed by atoms with E-state index in [1.165, 1.54) is 0 Å². The van der Waals surface area contributed by atoms with Crippen molar-refractivity contribution in [3.8, 4) is 0 Å². The predicted molar refractivity (Wildman–Crippen MR) is 43.6 cm³/mol. The van der Waals surface area contributed by atoms with Crippen molar-refractivity contribution >= 4 is 17.0 Å². The second-order valence-electron chi connectivity index (χ2n) is 3.41. The second-order valence-corrected chi connectivity index (χ2v) is 5.42. The van der Waals surface area contributed by atoms with E-state index >= 15 is 0 Å². The summed E-state index contributed by atoms with van der Waals surface area (Å²) in [4.78, 5) is 0. The molecule has 1 rings (SSSR count). The first kappa shape index (κ1) is 15.4. The van der Waals surface area contributed by atoms with E-state index in [0.717, 1.165) is 0 Å². The Balaban J connectivity index is 0.00000169. The fourth-order valence-corrected chi connectivity index (χ4v) is 3.31. The Hall–Kier alpha value is 1.40. The molecule has 0 aromatic carbocycles. The van der Waals surface area contributed by atoms with Crippen molar-refractivity contribution in [3.63, 3.8) is 0 Å². The van der Waals surface area contributed by atoms with E-state index < -0.39 is 23.4 Å². The largest absolute Gasteiger partial charge is 1.00 e. The summed E-state index contributed by atoms with van der Waals surface area (Å²) in [6.07, 6.45) is -1.30. The third-order valence-electron chi connectivity index (χ3n) is 1.81. The van der Waals surface area contributed by atoms with Gasteiger partial charge in [-0.2, -0.15) is 0 Å². The molecular weight excluding hydrogens is 245 g/mol. The molecule has 3 nitrogen and oxygen atoms in total.